The van der Waals surface area contributed by atoms with Crippen LogP contribution < -0.4 is 0 Å². The van der Waals surface area contributed by atoms with Crippen molar-refractivity contribution in [1.82, 2.24) is 0 Å². The average Bonchev–Trinajstić information content (AvgIpc) is 3.13. The molecule has 9 atom stereocenters. The number of azide groups is 1. The van der Waals surface area contributed by atoms with Crippen LogP contribution in [0.5, 0.6) is 0 Å². The maximum absolute atomic E-state index is 11.2. The van der Waals surface area contributed by atoms with Gasteiger partial charge in [0.1, 0.15) is 7.85 Å². The molecule has 0 amide bonds. The van der Waals surface area contributed by atoms with E-state index in [-0.39, 0.29) is 23.8 Å². The molecule has 1 saturated heterocycles. The van der Waals surface area contributed by atoms with E-state index in [1.165, 1.54) is 0 Å². The topological polar surface area (TPSA) is 119 Å². The van der Waals surface area contributed by atoms with Crippen LogP contribution in [0, 0.1) is 16.7 Å². The van der Waals surface area contributed by atoms with Crippen LogP contribution in [-0.2, 0) is 4.74 Å². The van der Waals surface area contributed by atoms with Gasteiger partial charge in [-0.1, -0.05) is 18.1 Å². The highest BCUT2D eigenvalue weighted by Gasteiger charge is 2.75. The maximum Gasteiger partial charge on any atom is 0.114 e. The molecule has 4 fully saturated rings. The molecule has 0 aromatic heterocycles. The third-order valence-electron chi connectivity index (χ3n) is 10.1. The summed E-state index contributed by atoms with van der Waals surface area (Å²) in [6.45, 7) is 4.18. The molecular formula is C21H32BN3O4. The predicted molar refractivity (Wildman–Crippen MR) is 110 cm³/mol. The number of aliphatic hydroxyl groups is 3. The molecule has 2 aliphatic heterocycles. The molecule has 158 valence electrons. The van der Waals surface area contributed by atoms with E-state index < -0.39 is 34.4 Å². The van der Waals surface area contributed by atoms with Crippen LogP contribution >= 0.6 is 0 Å². The Morgan fingerprint density at radius 2 is 2.03 bits per heavy atom. The lowest BCUT2D eigenvalue weighted by Crippen LogP contribution is -2.67. The fourth-order valence-electron chi connectivity index (χ4n) is 8.12. The smallest absolute Gasteiger partial charge is 0.114 e. The highest BCUT2D eigenvalue weighted by atomic mass is 16.5. The molecule has 0 unspecified atom stereocenters. The first-order valence-electron chi connectivity index (χ1n) is 11.1. The van der Waals surface area contributed by atoms with Gasteiger partial charge in [0, 0.05) is 15.7 Å². The van der Waals surface area contributed by atoms with Gasteiger partial charge in [-0.2, -0.15) is 0 Å². The van der Waals surface area contributed by atoms with Crippen LogP contribution in [0.3, 0.4) is 0 Å². The van der Waals surface area contributed by atoms with Gasteiger partial charge >= 0.3 is 0 Å². The molecule has 5 rings (SSSR count). The van der Waals surface area contributed by atoms with Gasteiger partial charge in [0.25, 0.3) is 0 Å². The molecule has 5 aliphatic rings. The number of hydrogen-bond donors (Lipinski definition) is 3. The number of rotatable bonds is 2. The maximum atomic E-state index is 11.2. The summed E-state index contributed by atoms with van der Waals surface area (Å²) in [6.07, 6.45) is 6.90. The van der Waals surface area contributed by atoms with Gasteiger partial charge in [-0.15, -0.1) is 0 Å². The summed E-state index contributed by atoms with van der Waals surface area (Å²) in [5, 5.41) is 36.6. The minimum absolute atomic E-state index is 0.0178. The predicted octanol–water partition coefficient (Wildman–Crippen LogP) is 2.02. The second kappa shape index (κ2) is 5.80. The van der Waals surface area contributed by atoms with Crippen LogP contribution in [0.25, 0.3) is 10.4 Å². The number of nitrogens with zero attached hydrogens (tertiary/aromatic N) is 3. The Hall–Kier alpha value is -1.05. The van der Waals surface area contributed by atoms with E-state index in [1.807, 2.05) is 14.8 Å². The Balaban J connectivity index is 1.67. The normalized spacial score (nSPS) is 57.9. The third-order valence-corrected chi connectivity index (χ3v) is 10.1. The molecule has 2 spiro atoms. The van der Waals surface area contributed by atoms with Crippen molar-refractivity contribution in [3.8, 4) is 0 Å². The van der Waals surface area contributed by atoms with E-state index in [2.05, 4.69) is 23.0 Å². The van der Waals surface area contributed by atoms with Crippen LogP contribution in [0.1, 0.15) is 58.8 Å². The molecule has 2 bridgehead atoms. The van der Waals surface area contributed by atoms with E-state index >= 15 is 0 Å². The summed E-state index contributed by atoms with van der Waals surface area (Å²) in [7, 11) is 1.98. The molecule has 0 aromatic rings. The van der Waals surface area contributed by atoms with Gasteiger partial charge in [0.2, 0.25) is 0 Å². The number of aliphatic hydroxyl groups excluding tert-OH is 2. The van der Waals surface area contributed by atoms with Crippen LogP contribution in [0.15, 0.2) is 16.8 Å². The lowest BCUT2D eigenvalue weighted by Gasteiger charge is -2.64. The van der Waals surface area contributed by atoms with Crippen LogP contribution in [-0.4, -0.2) is 58.7 Å². The van der Waals surface area contributed by atoms with Crippen LogP contribution in [0.2, 0.25) is 5.82 Å². The highest BCUT2D eigenvalue weighted by Crippen LogP contribution is 2.73. The zero-order valence-electron chi connectivity index (χ0n) is 17.6. The van der Waals surface area contributed by atoms with E-state index in [9.17, 15) is 15.3 Å². The first kappa shape index (κ1) is 19.9. The second-order valence-electron chi connectivity index (χ2n) is 10.9. The Labute approximate surface area is 172 Å². The second-order valence-corrected chi connectivity index (χ2v) is 10.9. The van der Waals surface area contributed by atoms with E-state index in [0.29, 0.717) is 6.42 Å². The van der Waals surface area contributed by atoms with Gasteiger partial charge in [-0.05, 0) is 74.7 Å². The zero-order chi connectivity index (χ0) is 20.9. The van der Waals surface area contributed by atoms with Crippen molar-refractivity contribution in [2.75, 3.05) is 6.61 Å². The average molecular weight is 401 g/mol. The Bertz CT molecular complexity index is 829. The molecule has 2 heterocycles. The summed E-state index contributed by atoms with van der Waals surface area (Å²) >= 11 is 0. The Morgan fingerprint density at radius 3 is 2.72 bits per heavy atom. The quantitative estimate of drug-likeness (QED) is 0.216. The van der Waals surface area contributed by atoms with Crippen molar-refractivity contribution in [2.45, 2.75) is 93.6 Å². The van der Waals surface area contributed by atoms with Crippen molar-refractivity contribution >= 4 is 7.85 Å². The number of hydrogen-bond acceptors (Lipinski definition) is 5. The summed E-state index contributed by atoms with van der Waals surface area (Å²) in [6, 6.07) is -0.509. The summed E-state index contributed by atoms with van der Waals surface area (Å²) in [4.78, 5) is 2.97. The van der Waals surface area contributed by atoms with E-state index in [0.717, 1.165) is 44.1 Å². The lowest BCUT2D eigenvalue weighted by atomic mass is 9.48. The lowest BCUT2D eigenvalue weighted by molar-refractivity contribution is -0.253. The van der Waals surface area contributed by atoms with Gasteiger partial charge in [-0.3, -0.25) is 0 Å². The van der Waals surface area contributed by atoms with Crippen molar-refractivity contribution in [3.05, 3.63) is 22.1 Å². The molecule has 3 saturated carbocycles. The zero-order valence-corrected chi connectivity index (χ0v) is 17.6. The standard InChI is InChI=1S/C21H32BN3O4/c1-17-5-6-19(11-26)9-12-15(22)16(27)13(24-25-23)10-20(12)7-8-21(19,29-20)14(17)3-4-18(17,2)28/h9,13-16,26-28H,3-8,10-11,22H2,1-2H3/t13-,14+,15-,16+,17-,18-,19+,20+,21-/m0/s1. The molecule has 7 nitrogen and oxygen atoms in total. The first-order chi connectivity index (χ1) is 13.6. The minimum atomic E-state index is -0.740. The molecule has 29 heavy (non-hydrogen) atoms. The largest absolute Gasteiger partial charge is 0.395 e. The van der Waals surface area contributed by atoms with Crippen molar-refractivity contribution in [2.24, 2.45) is 21.9 Å². The van der Waals surface area contributed by atoms with Crippen molar-refractivity contribution in [3.63, 3.8) is 0 Å². The minimum Gasteiger partial charge on any atom is -0.395 e. The molecular weight excluding hydrogens is 369 g/mol. The molecule has 0 aromatic carbocycles. The fraction of sp³-hybridized carbons (Fsp3) is 0.905. The monoisotopic (exact) mass is 401 g/mol. The van der Waals surface area contributed by atoms with Gasteiger partial charge in [0.15, 0.2) is 0 Å². The first-order valence-corrected chi connectivity index (χ1v) is 11.1. The summed E-state index contributed by atoms with van der Waals surface area (Å²) in [5.41, 5.74) is 7.56. The van der Waals surface area contributed by atoms with E-state index in [1.54, 1.807) is 0 Å². The Kier molecular flexibility index (Phi) is 3.98. The van der Waals surface area contributed by atoms with Crippen molar-refractivity contribution in [1.29, 1.82) is 0 Å². The molecule has 0 radical (unpaired) electrons. The highest BCUT2D eigenvalue weighted by molar-refractivity contribution is 6.14. The van der Waals surface area contributed by atoms with Crippen LogP contribution in [0.4, 0.5) is 0 Å². The van der Waals surface area contributed by atoms with Crippen molar-refractivity contribution < 1.29 is 20.1 Å². The SMILES string of the molecule is B[C@H]1C2=C[C@@]3(CO)CC[C@@]4(C)[C@@H](CC[C@]4(C)O)[C@@]34CC[C@]2(C[C@H](N=[N+]=[N-])[C@H]1O)O4. The van der Waals surface area contributed by atoms with E-state index in [4.69, 9.17) is 10.3 Å². The fourth-order valence-corrected chi connectivity index (χ4v) is 8.12. The van der Waals surface area contributed by atoms with Gasteiger partial charge in [0.05, 0.1) is 35.6 Å². The molecule has 3 N–H and O–H groups in total. The summed E-state index contributed by atoms with van der Waals surface area (Å²) < 4.78 is 7.11. The van der Waals surface area contributed by atoms with Gasteiger partial charge < -0.3 is 20.1 Å². The number of fused-ring (bicyclic) bond motifs is 1. The Morgan fingerprint density at radius 1 is 1.28 bits per heavy atom. The third kappa shape index (κ3) is 2.12. The van der Waals surface area contributed by atoms with Gasteiger partial charge in [-0.25, -0.2) is 0 Å². The molecule has 8 heteroatoms. The number of ether oxygens (including phenoxy) is 1. The summed E-state index contributed by atoms with van der Waals surface area (Å²) in [5.74, 6) is -0.0121. The molecule has 3 aliphatic carbocycles.